The number of benzene rings is 2. The Balaban J connectivity index is 2.72. The lowest BCUT2D eigenvalue weighted by Gasteiger charge is -2.17. The second-order valence-corrected chi connectivity index (χ2v) is 5.86. The Kier molecular flexibility index (Phi) is 4.78. The van der Waals surface area contributed by atoms with Gasteiger partial charge < -0.3 is 20.0 Å². The van der Waals surface area contributed by atoms with Gasteiger partial charge in [0.05, 0.1) is 0 Å². The minimum atomic E-state index is -0.267. The molecule has 0 aliphatic rings. The largest absolute Gasteiger partial charge is 0.508 e. The van der Waals surface area contributed by atoms with Crippen LogP contribution < -0.4 is 0 Å². The van der Waals surface area contributed by atoms with Crippen LogP contribution in [-0.2, 0) is 0 Å². The standard InChI is InChI=1S/C18H20N2O4/c1-19(2)17(23)11-5-7-13(18(24)20(3)4)14(9-11)15-10-12(21)6-8-16(15)22/h5-10,21-22H,1-4H3. The number of aromatic hydroxyl groups is 2. The molecular weight excluding hydrogens is 308 g/mol. The average molecular weight is 328 g/mol. The second kappa shape index (κ2) is 6.62. The van der Waals surface area contributed by atoms with Crippen molar-refractivity contribution in [1.29, 1.82) is 0 Å². The summed E-state index contributed by atoms with van der Waals surface area (Å²) in [6.07, 6.45) is 0. The van der Waals surface area contributed by atoms with Gasteiger partial charge in [-0.3, -0.25) is 9.59 Å². The zero-order valence-corrected chi connectivity index (χ0v) is 14.1. The highest BCUT2D eigenvalue weighted by Crippen LogP contribution is 2.35. The Bertz CT molecular complexity index is 798. The molecule has 0 heterocycles. The van der Waals surface area contributed by atoms with E-state index in [1.165, 1.54) is 28.0 Å². The highest BCUT2D eigenvalue weighted by molar-refractivity contribution is 6.04. The number of phenols is 2. The fourth-order valence-electron chi connectivity index (χ4n) is 2.33. The van der Waals surface area contributed by atoms with Gasteiger partial charge in [-0.25, -0.2) is 0 Å². The summed E-state index contributed by atoms with van der Waals surface area (Å²) in [6, 6.07) is 8.73. The van der Waals surface area contributed by atoms with Crippen LogP contribution in [0.1, 0.15) is 20.7 Å². The van der Waals surface area contributed by atoms with E-state index in [2.05, 4.69) is 0 Å². The normalized spacial score (nSPS) is 10.3. The second-order valence-electron chi connectivity index (χ2n) is 5.86. The molecule has 6 heteroatoms. The van der Waals surface area contributed by atoms with Crippen LogP contribution >= 0.6 is 0 Å². The molecule has 0 unspecified atom stereocenters. The number of carbonyl (C=O) groups is 2. The van der Waals surface area contributed by atoms with E-state index in [-0.39, 0.29) is 28.9 Å². The first-order valence-electron chi connectivity index (χ1n) is 7.32. The maximum atomic E-state index is 12.4. The van der Waals surface area contributed by atoms with Gasteiger partial charge in [-0.15, -0.1) is 0 Å². The third-order valence-corrected chi connectivity index (χ3v) is 3.58. The van der Waals surface area contributed by atoms with Crippen molar-refractivity contribution in [3.05, 3.63) is 47.5 Å². The van der Waals surface area contributed by atoms with Crippen LogP contribution in [-0.4, -0.2) is 60.0 Å². The molecule has 2 N–H and O–H groups in total. The lowest BCUT2D eigenvalue weighted by atomic mass is 9.95. The Hall–Kier alpha value is -3.02. The fourth-order valence-corrected chi connectivity index (χ4v) is 2.33. The predicted molar refractivity (Wildman–Crippen MR) is 91.2 cm³/mol. The van der Waals surface area contributed by atoms with Crippen molar-refractivity contribution in [1.82, 2.24) is 9.80 Å². The van der Waals surface area contributed by atoms with E-state index in [0.717, 1.165) is 0 Å². The van der Waals surface area contributed by atoms with E-state index in [1.807, 2.05) is 0 Å². The summed E-state index contributed by atoms with van der Waals surface area (Å²) in [5.41, 5.74) is 1.38. The fraction of sp³-hybridized carbons (Fsp3) is 0.222. The van der Waals surface area contributed by atoms with E-state index in [4.69, 9.17) is 0 Å². The molecule has 2 amide bonds. The van der Waals surface area contributed by atoms with Gasteiger partial charge in [-0.1, -0.05) is 0 Å². The molecule has 2 aromatic carbocycles. The predicted octanol–water partition coefficient (Wildman–Crippen LogP) is 2.17. The first-order valence-corrected chi connectivity index (χ1v) is 7.32. The smallest absolute Gasteiger partial charge is 0.253 e. The van der Waals surface area contributed by atoms with Crippen molar-refractivity contribution in [2.75, 3.05) is 28.2 Å². The van der Waals surface area contributed by atoms with Crippen molar-refractivity contribution >= 4 is 11.8 Å². The topological polar surface area (TPSA) is 81.1 Å². The number of hydrogen-bond donors (Lipinski definition) is 2. The van der Waals surface area contributed by atoms with E-state index >= 15 is 0 Å². The third kappa shape index (κ3) is 3.32. The summed E-state index contributed by atoms with van der Waals surface area (Å²) in [7, 11) is 6.50. The molecule has 2 rings (SSSR count). The number of nitrogens with zero attached hydrogens (tertiary/aromatic N) is 2. The number of phenolic OH excluding ortho intramolecular Hbond substituents is 2. The van der Waals surface area contributed by atoms with E-state index in [1.54, 1.807) is 46.4 Å². The number of carbonyl (C=O) groups excluding carboxylic acids is 2. The lowest BCUT2D eigenvalue weighted by Crippen LogP contribution is -2.24. The molecule has 24 heavy (non-hydrogen) atoms. The molecule has 126 valence electrons. The van der Waals surface area contributed by atoms with Crippen molar-refractivity contribution in [3.63, 3.8) is 0 Å². The van der Waals surface area contributed by atoms with Crippen molar-refractivity contribution in [2.24, 2.45) is 0 Å². The summed E-state index contributed by atoms with van der Waals surface area (Å²) >= 11 is 0. The average Bonchev–Trinajstić information content (AvgIpc) is 2.55. The molecular formula is C18H20N2O4. The maximum absolute atomic E-state index is 12.4. The highest BCUT2D eigenvalue weighted by Gasteiger charge is 2.20. The molecule has 0 saturated heterocycles. The summed E-state index contributed by atoms with van der Waals surface area (Å²) in [4.78, 5) is 27.5. The molecule has 0 aromatic heterocycles. The Labute approximate surface area is 140 Å². The van der Waals surface area contributed by atoms with Gasteiger partial charge >= 0.3 is 0 Å². The van der Waals surface area contributed by atoms with Gasteiger partial charge in [-0.2, -0.15) is 0 Å². The monoisotopic (exact) mass is 328 g/mol. The van der Waals surface area contributed by atoms with Gasteiger partial charge in [0.2, 0.25) is 0 Å². The van der Waals surface area contributed by atoms with E-state index in [0.29, 0.717) is 16.7 Å². The van der Waals surface area contributed by atoms with Crippen LogP contribution in [0.25, 0.3) is 11.1 Å². The Morgan fingerprint density at radius 1 is 0.792 bits per heavy atom. The molecule has 0 saturated carbocycles. The van der Waals surface area contributed by atoms with Gasteiger partial charge in [0, 0.05) is 44.9 Å². The highest BCUT2D eigenvalue weighted by atomic mass is 16.3. The number of hydrogen-bond acceptors (Lipinski definition) is 4. The van der Waals surface area contributed by atoms with Crippen molar-refractivity contribution < 1.29 is 19.8 Å². The van der Waals surface area contributed by atoms with Crippen LogP contribution in [0.5, 0.6) is 11.5 Å². The zero-order chi connectivity index (χ0) is 18.0. The summed E-state index contributed by atoms with van der Waals surface area (Å²) in [6.45, 7) is 0. The minimum absolute atomic E-state index is 0.0459. The third-order valence-electron chi connectivity index (χ3n) is 3.58. The van der Waals surface area contributed by atoms with Gasteiger partial charge in [-0.05, 0) is 42.0 Å². The molecule has 2 aromatic rings. The van der Waals surface area contributed by atoms with Gasteiger partial charge in [0.15, 0.2) is 0 Å². The molecule has 6 nitrogen and oxygen atoms in total. The van der Waals surface area contributed by atoms with Crippen LogP contribution in [0, 0.1) is 0 Å². The van der Waals surface area contributed by atoms with E-state index in [9.17, 15) is 19.8 Å². The number of rotatable bonds is 3. The molecule has 0 atom stereocenters. The van der Waals surface area contributed by atoms with Crippen molar-refractivity contribution in [3.8, 4) is 22.6 Å². The minimum Gasteiger partial charge on any atom is -0.508 e. The van der Waals surface area contributed by atoms with E-state index < -0.39 is 0 Å². The summed E-state index contributed by atoms with van der Waals surface area (Å²) in [5.74, 6) is -0.623. The van der Waals surface area contributed by atoms with Crippen LogP contribution in [0.4, 0.5) is 0 Å². The molecule has 0 bridgehead atoms. The lowest BCUT2D eigenvalue weighted by molar-refractivity contribution is 0.0816. The van der Waals surface area contributed by atoms with Crippen molar-refractivity contribution in [2.45, 2.75) is 0 Å². The summed E-state index contributed by atoms with van der Waals surface area (Å²) < 4.78 is 0. The number of amides is 2. The van der Waals surface area contributed by atoms with Gasteiger partial charge in [0.1, 0.15) is 11.5 Å². The van der Waals surface area contributed by atoms with Gasteiger partial charge in [0.25, 0.3) is 11.8 Å². The Morgan fingerprint density at radius 2 is 1.42 bits per heavy atom. The molecule has 0 fully saturated rings. The Morgan fingerprint density at radius 3 is 2.00 bits per heavy atom. The van der Waals surface area contributed by atoms with Crippen LogP contribution in [0.15, 0.2) is 36.4 Å². The molecule has 0 aliphatic heterocycles. The zero-order valence-electron chi connectivity index (χ0n) is 14.1. The molecule has 0 radical (unpaired) electrons. The first kappa shape index (κ1) is 17.3. The maximum Gasteiger partial charge on any atom is 0.253 e. The summed E-state index contributed by atoms with van der Waals surface area (Å²) in [5, 5.41) is 19.9. The first-order chi connectivity index (χ1) is 11.2. The quantitative estimate of drug-likeness (QED) is 0.846. The molecule has 0 spiro atoms. The molecule has 0 aliphatic carbocycles. The SMILES string of the molecule is CN(C)C(=O)c1ccc(C(=O)N(C)C)c(-c2cc(O)ccc2O)c1. The van der Waals surface area contributed by atoms with Crippen LogP contribution in [0.3, 0.4) is 0 Å². The van der Waals surface area contributed by atoms with Crippen LogP contribution in [0.2, 0.25) is 0 Å².